The maximum absolute atomic E-state index is 13.8. The van der Waals surface area contributed by atoms with Gasteiger partial charge in [0.15, 0.2) is 4.80 Å². The van der Waals surface area contributed by atoms with Crippen LogP contribution in [0.5, 0.6) is 5.75 Å². The number of esters is 1. The summed E-state index contributed by atoms with van der Waals surface area (Å²) in [5.74, 6) is 0.0900. The molecule has 6 nitrogen and oxygen atoms in total. The highest BCUT2D eigenvalue weighted by Gasteiger charge is 2.35. The van der Waals surface area contributed by atoms with Crippen LogP contribution >= 0.6 is 22.9 Å². The van der Waals surface area contributed by atoms with Crippen molar-refractivity contribution >= 4 is 40.7 Å². The molecule has 0 saturated carbocycles. The van der Waals surface area contributed by atoms with Gasteiger partial charge in [-0.1, -0.05) is 77.5 Å². The monoisotopic (exact) mass is 530 g/mol. The van der Waals surface area contributed by atoms with E-state index in [1.165, 1.54) is 11.3 Å². The standard InChI is InChI=1S/C29H23ClN2O4S/c1-3-36-28(34)24-25(19-8-5-4-6-9-19)31-29-32(26(24)20-10-7-11-22(17-20)35-2)27(33)23(37-29)16-18-12-14-21(30)15-13-18/h4-17,26H,3H2,1-2H3/b23-16-. The second-order valence-electron chi connectivity index (χ2n) is 8.26. The molecule has 0 bridgehead atoms. The van der Waals surface area contributed by atoms with E-state index in [1.54, 1.807) is 36.8 Å². The van der Waals surface area contributed by atoms with Gasteiger partial charge >= 0.3 is 5.97 Å². The predicted octanol–water partition coefficient (Wildman–Crippen LogP) is 4.60. The Hall–Kier alpha value is -3.94. The first-order valence-electron chi connectivity index (χ1n) is 11.7. The van der Waals surface area contributed by atoms with Crippen molar-refractivity contribution in [3.8, 4) is 5.75 Å². The Bertz CT molecular complexity index is 1670. The zero-order valence-electron chi connectivity index (χ0n) is 20.2. The zero-order chi connectivity index (χ0) is 25.9. The van der Waals surface area contributed by atoms with Gasteiger partial charge in [-0.3, -0.25) is 9.36 Å². The summed E-state index contributed by atoms with van der Waals surface area (Å²) in [5, 5.41) is 0.614. The number of benzene rings is 3. The van der Waals surface area contributed by atoms with Crippen LogP contribution in [0.4, 0.5) is 0 Å². The Morgan fingerprint density at radius 2 is 1.84 bits per heavy atom. The zero-order valence-corrected chi connectivity index (χ0v) is 21.8. The Morgan fingerprint density at radius 1 is 1.08 bits per heavy atom. The summed E-state index contributed by atoms with van der Waals surface area (Å²) in [5.41, 5.74) is 2.83. The average Bonchev–Trinajstić information content (AvgIpc) is 3.24. The number of hydrogen-bond donors (Lipinski definition) is 0. The third-order valence-corrected chi connectivity index (χ3v) is 7.19. The number of aromatic nitrogens is 1. The maximum Gasteiger partial charge on any atom is 0.338 e. The Balaban J connectivity index is 1.83. The third kappa shape index (κ3) is 4.88. The van der Waals surface area contributed by atoms with Crippen LogP contribution in [-0.2, 0) is 9.53 Å². The SMILES string of the molecule is CCOC(=O)C1=C(c2ccccc2)N=c2s/c(=C\c3ccc(Cl)cc3)c(=O)n2C1c1cccc(OC)c1. The molecule has 0 N–H and O–H groups in total. The van der Waals surface area contributed by atoms with Gasteiger partial charge in [0, 0.05) is 10.6 Å². The molecule has 0 saturated heterocycles. The van der Waals surface area contributed by atoms with Crippen molar-refractivity contribution in [1.82, 2.24) is 4.57 Å². The van der Waals surface area contributed by atoms with Crippen LogP contribution in [0.25, 0.3) is 11.8 Å². The topological polar surface area (TPSA) is 69.9 Å². The summed E-state index contributed by atoms with van der Waals surface area (Å²) < 4.78 is 13.0. The number of ether oxygens (including phenoxy) is 2. The summed E-state index contributed by atoms with van der Waals surface area (Å²) in [7, 11) is 1.58. The van der Waals surface area contributed by atoms with E-state index in [2.05, 4.69) is 0 Å². The summed E-state index contributed by atoms with van der Waals surface area (Å²) in [6, 6.07) is 23.3. The first kappa shape index (κ1) is 24.7. The number of rotatable bonds is 6. The lowest BCUT2D eigenvalue weighted by molar-refractivity contribution is -0.138. The Kier molecular flexibility index (Phi) is 7.08. The van der Waals surface area contributed by atoms with E-state index in [9.17, 15) is 9.59 Å². The molecule has 0 aliphatic carbocycles. The summed E-state index contributed by atoms with van der Waals surface area (Å²) in [6.07, 6.45) is 1.80. The molecule has 4 aromatic rings. The van der Waals surface area contributed by atoms with Gasteiger partial charge in [-0.2, -0.15) is 0 Å². The van der Waals surface area contributed by atoms with Crippen LogP contribution in [0.15, 0.2) is 94.2 Å². The van der Waals surface area contributed by atoms with Crippen LogP contribution in [0.3, 0.4) is 0 Å². The highest BCUT2D eigenvalue weighted by atomic mass is 35.5. The molecule has 1 aliphatic heterocycles. The molecule has 2 heterocycles. The predicted molar refractivity (Wildman–Crippen MR) is 146 cm³/mol. The molecule has 37 heavy (non-hydrogen) atoms. The van der Waals surface area contributed by atoms with E-state index in [1.807, 2.05) is 66.7 Å². The van der Waals surface area contributed by atoms with Gasteiger partial charge in [-0.25, -0.2) is 9.79 Å². The second kappa shape index (κ2) is 10.6. The molecule has 1 aliphatic rings. The van der Waals surface area contributed by atoms with E-state index >= 15 is 0 Å². The average molecular weight is 531 g/mol. The summed E-state index contributed by atoms with van der Waals surface area (Å²) in [4.78, 5) is 32.6. The molecule has 1 aromatic heterocycles. The van der Waals surface area contributed by atoms with Crippen molar-refractivity contribution in [2.45, 2.75) is 13.0 Å². The smallest absolute Gasteiger partial charge is 0.338 e. The van der Waals surface area contributed by atoms with Gasteiger partial charge < -0.3 is 9.47 Å². The summed E-state index contributed by atoms with van der Waals surface area (Å²) >= 11 is 7.31. The van der Waals surface area contributed by atoms with E-state index in [-0.39, 0.29) is 12.2 Å². The first-order valence-corrected chi connectivity index (χ1v) is 12.9. The first-order chi connectivity index (χ1) is 18.0. The van der Waals surface area contributed by atoms with Gasteiger partial charge in [-0.05, 0) is 48.4 Å². The fourth-order valence-electron chi connectivity index (χ4n) is 4.28. The number of carbonyl (C=O) groups excluding carboxylic acids is 1. The van der Waals surface area contributed by atoms with Crippen LogP contribution < -0.4 is 19.6 Å². The van der Waals surface area contributed by atoms with Gasteiger partial charge in [-0.15, -0.1) is 0 Å². The quantitative estimate of drug-likeness (QED) is 0.342. The molecule has 5 rings (SSSR count). The lowest BCUT2D eigenvalue weighted by atomic mass is 9.93. The fourth-order valence-corrected chi connectivity index (χ4v) is 5.40. The summed E-state index contributed by atoms with van der Waals surface area (Å²) in [6.45, 7) is 1.94. The molecule has 0 radical (unpaired) electrons. The van der Waals surface area contributed by atoms with Crippen molar-refractivity contribution in [3.05, 3.63) is 126 Å². The van der Waals surface area contributed by atoms with Crippen LogP contribution in [-0.4, -0.2) is 24.3 Å². The number of methoxy groups -OCH3 is 1. The number of carbonyl (C=O) groups is 1. The minimum Gasteiger partial charge on any atom is -0.497 e. The molecule has 1 unspecified atom stereocenters. The third-order valence-electron chi connectivity index (χ3n) is 5.95. The van der Waals surface area contributed by atoms with Crippen LogP contribution in [0.2, 0.25) is 5.02 Å². The minimum absolute atomic E-state index is 0.191. The maximum atomic E-state index is 13.8. The molecule has 0 spiro atoms. The Labute approximate surface area is 222 Å². The molecule has 3 aromatic carbocycles. The largest absolute Gasteiger partial charge is 0.497 e. The van der Waals surface area contributed by atoms with Gasteiger partial charge in [0.2, 0.25) is 0 Å². The highest BCUT2D eigenvalue weighted by Crippen LogP contribution is 2.36. The molecular formula is C29H23ClN2O4S. The molecule has 1 atom stereocenters. The van der Waals surface area contributed by atoms with E-state index in [0.717, 1.165) is 11.1 Å². The van der Waals surface area contributed by atoms with Crippen LogP contribution in [0, 0.1) is 0 Å². The number of hydrogen-bond acceptors (Lipinski definition) is 6. The van der Waals surface area contributed by atoms with Gasteiger partial charge in [0.1, 0.15) is 5.75 Å². The number of nitrogens with zero attached hydrogens (tertiary/aromatic N) is 2. The number of thiazole rings is 1. The van der Waals surface area contributed by atoms with Crippen molar-refractivity contribution in [2.24, 2.45) is 4.99 Å². The van der Waals surface area contributed by atoms with E-state index in [0.29, 0.717) is 36.9 Å². The fraction of sp³-hybridized carbons (Fsp3) is 0.138. The van der Waals surface area contributed by atoms with Crippen molar-refractivity contribution in [2.75, 3.05) is 13.7 Å². The lowest BCUT2D eigenvalue weighted by Crippen LogP contribution is -2.40. The van der Waals surface area contributed by atoms with Gasteiger partial charge in [0.05, 0.1) is 35.6 Å². The van der Waals surface area contributed by atoms with E-state index in [4.69, 9.17) is 26.1 Å². The van der Waals surface area contributed by atoms with Crippen LogP contribution in [0.1, 0.15) is 29.7 Å². The van der Waals surface area contributed by atoms with Gasteiger partial charge in [0.25, 0.3) is 5.56 Å². The van der Waals surface area contributed by atoms with Crippen molar-refractivity contribution < 1.29 is 14.3 Å². The Morgan fingerprint density at radius 3 is 2.54 bits per heavy atom. The molecule has 8 heteroatoms. The van der Waals surface area contributed by atoms with E-state index < -0.39 is 12.0 Å². The normalized spacial score (nSPS) is 15.2. The number of halogens is 1. The molecule has 186 valence electrons. The highest BCUT2D eigenvalue weighted by molar-refractivity contribution is 7.07. The second-order valence-corrected chi connectivity index (χ2v) is 9.71. The lowest BCUT2D eigenvalue weighted by Gasteiger charge is -2.26. The molecule has 0 amide bonds. The number of fused-ring (bicyclic) bond motifs is 1. The molecular weight excluding hydrogens is 508 g/mol. The minimum atomic E-state index is -0.757. The molecule has 0 fully saturated rings. The van der Waals surface area contributed by atoms with Crippen molar-refractivity contribution in [1.29, 1.82) is 0 Å². The van der Waals surface area contributed by atoms with Crippen molar-refractivity contribution in [3.63, 3.8) is 0 Å².